The van der Waals surface area contributed by atoms with Crippen LogP contribution >= 0.6 is 0 Å². The Morgan fingerprint density at radius 3 is 2.61 bits per heavy atom. The molecule has 1 fully saturated rings. The summed E-state index contributed by atoms with van der Waals surface area (Å²) < 4.78 is 17.8. The molecule has 1 atom stereocenters. The number of halogens is 1. The Balaban J connectivity index is 1.17. The first-order valence-electron chi connectivity index (χ1n) is 12.5. The number of benzene rings is 1. The van der Waals surface area contributed by atoms with Crippen LogP contribution in [0.25, 0.3) is 28.2 Å². The number of nitrogen functional groups attached to an aromatic ring is 1. The van der Waals surface area contributed by atoms with Crippen LogP contribution in [0.4, 0.5) is 16.0 Å². The average molecular weight is 518 g/mol. The second-order valence-electron chi connectivity index (χ2n) is 9.45. The first-order chi connectivity index (χ1) is 18.4. The molecule has 1 saturated heterocycles. The number of aliphatic hydroxyl groups is 1. The summed E-state index contributed by atoms with van der Waals surface area (Å²) in [7, 11) is 0. The van der Waals surface area contributed by atoms with Crippen LogP contribution in [0.3, 0.4) is 0 Å². The minimum atomic E-state index is -0.635. The van der Waals surface area contributed by atoms with E-state index in [4.69, 9.17) is 5.73 Å². The molecule has 3 N–H and O–H groups in total. The lowest BCUT2D eigenvalue weighted by Gasteiger charge is -2.36. The lowest BCUT2D eigenvalue weighted by Crippen LogP contribution is -2.47. The fourth-order valence-corrected chi connectivity index (χ4v) is 4.83. The van der Waals surface area contributed by atoms with Gasteiger partial charge in [0, 0.05) is 45.1 Å². The Bertz CT molecular complexity index is 1620. The van der Waals surface area contributed by atoms with Crippen molar-refractivity contribution >= 4 is 28.3 Å². The lowest BCUT2D eigenvalue weighted by molar-refractivity contribution is 0.199. The molecule has 1 aliphatic rings. The monoisotopic (exact) mass is 517 g/mol. The first-order valence-corrected chi connectivity index (χ1v) is 12.5. The zero-order chi connectivity index (χ0) is 26.4. The number of fused-ring (bicyclic) bond motifs is 3. The predicted octanol–water partition coefficient (Wildman–Crippen LogP) is 1.84. The van der Waals surface area contributed by atoms with Crippen molar-refractivity contribution in [2.24, 2.45) is 0 Å². The van der Waals surface area contributed by atoms with E-state index in [0.29, 0.717) is 53.7 Å². The quantitative estimate of drug-likeness (QED) is 0.343. The van der Waals surface area contributed by atoms with Crippen molar-refractivity contribution < 1.29 is 9.50 Å². The molecule has 13 heteroatoms. The van der Waals surface area contributed by atoms with Crippen LogP contribution < -0.4 is 10.6 Å². The van der Waals surface area contributed by atoms with Crippen LogP contribution in [0.2, 0.25) is 0 Å². The van der Waals surface area contributed by atoms with Gasteiger partial charge in [0.1, 0.15) is 11.5 Å². The molecule has 0 unspecified atom stereocenters. The van der Waals surface area contributed by atoms with Crippen molar-refractivity contribution in [1.82, 2.24) is 44.2 Å². The smallest absolute Gasteiger partial charge is 0.225 e. The Morgan fingerprint density at radius 2 is 1.84 bits per heavy atom. The lowest BCUT2D eigenvalue weighted by atomic mass is 10.1. The van der Waals surface area contributed by atoms with Crippen LogP contribution in [-0.2, 0) is 6.54 Å². The fraction of sp³-hybridized carbons (Fsp3) is 0.360. The first kappa shape index (κ1) is 24.1. The normalized spacial score (nSPS) is 15.5. The van der Waals surface area contributed by atoms with Gasteiger partial charge in [-0.05, 0) is 31.5 Å². The van der Waals surface area contributed by atoms with Crippen molar-refractivity contribution in [2.45, 2.75) is 26.5 Å². The van der Waals surface area contributed by atoms with E-state index in [2.05, 4.69) is 35.0 Å². The van der Waals surface area contributed by atoms with E-state index in [1.807, 2.05) is 16.5 Å². The Morgan fingerprint density at radius 1 is 1.05 bits per heavy atom. The number of hydrogen-bond acceptors (Lipinski definition) is 10. The standard InChI is InChI=1S/C25H28FN11O/c1-15-21(29-6-5-28-15)22-31-24-18-14-30-36(23(18)32-25(27)37(24)33-22)12-9-34-7-10-35(11-8-34)20-13-17(16(2)38)3-4-19(20)26/h3-6,13-14,16,38H,7-12H2,1-2H3,(H2,27,32)/t16-/m1/s1. The summed E-state index contributed by atoms with van der Waals surface area (Å²) in [5.41, 5.74) is 10.0. The van der Waals surface area contributed by atoms with Crippen LogP contribution in [0.15, 0.2) is 36.8 Å². The van der Waals surface area contributed by atoms with E-state index in [1.54, 1.807) is 37.6 Å². The summed E-state index contributed by atoms with van der Waals surface area (Å²) in [6, 6.07) is 4.79. The zero-order valence-corrected chi connectivity index (χ0v) is 21.2. The summed E-state index contributed by atoms with van der Waals surface area (Å²) in [4.78, 5) is 22.2. The SMILES string of the molecule is Cc1nccnc1-c1nc2c3cnn(CCN4CCN(c5cc([C@@H](C)O)ccc5F)CC4)c3nc(N)n2n1. The third kappa shape index (κ3) is 4.29. The highest BCUT2D eigenvalue weighted by molar-refractivity contribution is 5.90. The van der Waals surface area contributed by atoms with Gasteiger partial charge in [-0.15, -0.1) is 5.10 Å². The van der Waals surface area contributed by atoms with Gasteiger partial charge in [0.2, 0.25) is 11.8 Å². The zero-order valence-electron chi connectivity index (χ0n) is 21.2. The highest BCUT2D eigenvalue weighted by Crippen LogP contribution is 2.26. The number of nitrogens with zero attached hydrogens (tertiary/aromatic N) is 10. The predicted molar refractivity (Wildman–Crippen MR) is 140 cm³/mol. The van der Waals surface area contributed by atoms with E-state index in [0.717, 1.165) is 30.7 Å². The van der Waals surface area contributed by atoms with Crippen molar-refractivity contribution in [2.75, 3.05) is 43.4 Å². The summed E-state index contributed by atoms with van der Waals surface area (Å²) >= 11 is 0. The molecule has 0 amide bonds. The number of aromatic nitrogens is 8. The number of rotatable bonds is 6. The second-order valence-corrected chi connectivity index (χ2v) is 9.45. The minimum absolute atomic E-state index is 0.213. The van der Waals surface area contributed by atoms with Gasteiger partial charge in [0.15, 0.2) is 11.3 Å². The number of piperazine rings is 1. The van der Waals surface area contributed by atoms with Crippen molar-refractivity contribution in [1.29, 1.82) is 0 Å². The molecule has 196 valence electrons. The molecule has 4 aromatic heterocycles. The van der Waals surface area contributed by atoms with Gasteiger partial charge < -0.3 is 15.7 Å². The van der Waals surface area contributed by atoms with E-state index in [9.17, 15) is 9.50 Å². The summed E-state index contributed by atoms with van der Waals surface area (Å²) in [6.07, 6.45) is 4.32. The van der Waals surface area contributed by atoms with Gasteiger partial charge in [-0.2, -0.15) is 14.6 Å². The number of aliphatic hydroxyl groups excluding tert-OH is 1. The molecule has 0 radical (unpaired) electrons. The van der Waals surface area contributed by atoms with Crippen LogP contribution in [-0.4, -0.2) is 82.1 Å². The highest BCUT2D eigenvalue weighted by Gasteiger charge is 2.22. The Hall–Kier alpha value is -4.23. The van der Waals surface area contributed by atoms with Gasteiger partial charge in [0.05, 0.1) is 35.6 Å². The average Bonchev–Trinajstić information content (AvgIpc) is 3.53. The van der Waals surface area contributed by atoms with Crippen LogP contribution in [0.1, 0.15) is 24.3 Å². The molecular weight excluding hydrogens is 489 g/mol. The van der Waals surface area contributed by atoms with Crippen molar-refractivity contribution in [3.05, 3.63) is 53.9 Å². The molecule has 0 spiro atoms. The molecule has 1 aliphatic heterocycles. The van der Waals surface area contributed by atoms with E-state index < -0.39 is 6.10 Å². The molecule has 0 aliphatic carbocycles. The maximum Gasteiger partial charge on any atom is 0.225 e. The molecule has 6 rings (SSSR count). The van der Waals surface area contributed by atoms with E-state index in [1.165, 1.54) is 10.6 Å². The Kier molecular flexibility index (Phi) is 6.08. The van der Waals surface area contributed by atoms with Gasteiger partial charge >= 0.3 is 0 Å². The molecule has 1 aromatic carbocycles. The van der Waals surface area contributed by atoms with E-state index in [-0.39, 0.29) is 11.8 Å². The molecule has 12 nitrogen and oxygen atoms in total. The van der Waals surface area contributed by atoms with E-state index >= 15 is 0 Å². The number of nitrogens with two attached hydrogens (primary N) is 1. The van der Waals surface area contributed by atoms with Gasteiger partial charge in [0.25, 0.3) is 0 Å². The maximum absolute atomic E-state index is 14.5. The molecule has 38 heavy (non-hydrogen) atoms. The molecular formula is C25H28FN11O. The Labute approximate surface area is 217 Å². The van der Waals surface area contributed by atoms with Gasteiger partial charge in [-0.3, -0.25) is 9.88 Å². The van der Waals surface area contributed by atoms with Crippen molar-refractivity contribution in [3.63, 3.8) is 0 Å². The van der Waals surface area contributed by atoms with Crippen LogP contribution in [0, 0.1) is 12.7 Å². The third-order valence-electron chi connectivity index (χ3n) is 6.98. The molecule has 0 saturated carbocycles. The van der Waals surface area contributed by atoms with Crippen molar-refractivity contribution in [3.8, 4) is 11.5 Å². The number of aryl methyl sites for hydroxylation is 1. The maximum atomic E-state index is 14.5. The second kappa shape index (κ2) is 9.58. The van der Waals surface area contributed by atoms with Crippen LogP contribution in [0.5, 0.6) is 0 Å². The molecule has 5 aromatic rings. The third-order valence-corrected chi connectivity index (χ3v) is 6.98. The number of hydrogen-bond donors (Lipinski definition) is 2. The molecule has 5 heterocycles. The van der Waals surface area contributed by atoms with Gasteiger partial charge in [-0.25, -0.2) is 19.0 Å². The summed E-state index contributed by atoms with van der Waals surface area (Å²) in [5.74, 6) is 0.370. The topological polar surface area (TPSA) is 139 Å². The van der Waals surface area contributed by atoms with Gasteiger partial charge in [-0.1, -0.05) is 6.07 Å². The highest BCUT2D eigenvalue weighted by atomic mass is 19.1. The minimum Gasteiger partial charge on any atom is -0.389 e. The summed E-state index contributed by atoms with van der Waals surface area (Å²) in [5, 5.41) is 19.7. The summed E-state index contributed by atoms with van der Waals surface area (Å²) in [6.45, 7) is 7.85. The fourth-order valence-electron chi connectivity index (χ4n) is 4.83. The molecule has 0 bridgehead atoms. The largest absolute Gasteiger partial charge is 0.389 e. The number of anilines is 2.